The number of anilines is 3. The van der Waals surface area contributed by atoms with Crippen molar-refractivity contribution in [2.24, 2.45) is 0 Å². The number of rotatable bonds is 2. The molecule has 1 aromatic heterocycles. The quantitative estimate of drug-likeness (QED) is 0.692. The monoisotopic (exact) mass is 315 g/mol. The number of hydrogen-bond donors (Lipinski definition) is 0. The number of para-hydroxylation sites is 2. The molecule has 120 valence electrons. The van der Waals surface area contributed by atoms with Gasteiger partial charge in [-0.2, -0.15) is 0 Å². The van der Waals surface area contributed by atoms with Gasteiger partial charge in [-0.25, -0.2) is 4.98 Å². The molecule has 3 heteroatoms. The molecule has 2 aliphatic heterocycles. The van der Waals surface area contributed by atoms with E-state index >= 15 is 0 Å². The number of benzene rings is 2. The molecule has 0 atom stereocenters. The Labute approximate surface area is 142 Å². The Kier molecular flexibility index (Phi) is 3.18. The van der Waals surface area contributed by atoms with Crippen LogP contribution in [0.3, 0.4) is 0 Å². The summed E-state index contributed by atoms with van der Waals surface area (Å²) in [5.74, 6) is 1.15. The van der Waals surface area contributed by atoms with Gasteiger partial charge in [0.1, 0.15) is 5.82 Å². The van der Waals surface area contributed by atoms with Gasteiger partial charge in [-0.3, -0.25) is 0 Å². The minimum absolute atomic E-state index is 1.02. The summed E-state index contributed by atoms with van der Waals surface area (Å²) >= 11 is 0. The normalized spacial score (nSPS) is 16.8. The van der Waals surface area contributed by atoms with Crippen molar-refractivity contribution >= 4 is 28.1 Å². The van der Waals surface area contributed by atoms with Crippen LogP contribution in [0.4, 0.5) is 17.2 Å². The van der Waals surface area contributed by atoms with Crippen LogP contribution in [0.2, 0.25) is 0 Å². The Morgan fingerprint density at radius 2 is 1.54 bits per heavy atom. The smallest absolute Gasteiger partial charge is 0.139 e. The minimum Gasteiger partial charge on any atom is -0.371 e. The molecular weight excluding hydrogens is 294 g/mol. The van der Waals surface area contributed by atoms with Crippen LogP contribution in [0, 0.1) is 0 Å². The van der Waals surface area contributed by atoms with E-state index in [0.717, 1.165) is 24.3 Å². The summed E-state index contributed by atoms with van der Waals surface area (Å²) in [6, 6.07) is 19.3. The highest BCUT2D eigenvalue weighted by Crippen LogP contribution is 2.43. The van der Waals surface area contributed by atoms with E-state index in [1.165, 1.54) is 48.3 Å². The van der Waals surface area contributed by atoms with Crippen molar-refractivity contribution in [3.8, 4) is 0 Å². The average Bonchev–Trinajstić information content (AvgIpc) is 3.30. The summed E-state index contributed by atoms with van der Waals surface area (Å²) < 4.78 is 0. The van der Waals surface area contributed by atoms with Crippen molar-refractivity contribution in [3.63, 3.8) is 0 Å². The average molecular weight is 315 g/mol. The van der Waals surface area contributed by atoms with Crippen LogP contribution < -0.4 is 9.80 Å². The maximum absolute atomic E-state index is 5.04. The molecule has 0 bridgehead atoms. The SMILES string of the molecule is c1ccc(N2CCc3c2nc2ccccc2c3N2CCCC2)cc1. The van der Waals surface area contributed by atoms with E-state index < -0.39 is 0 Å². The van der Waals surface area contributed by atoms with Crippen molar-refractivity contribution in [1.82, 2.24) is 4.98 Å². The van der Waals surface area contributed by atoms with E-state index in [1.54, 1.807) is 0 Å². The van der Waals surface area contributed by atoms with Gasteiger partial charge >= 0.3 is 0 Å². The fraction of sp³-hybridized carbons (Fsp3) is 0.286. The van der Waals surface area contributed by atoms with E-state index in [1.807, 2.05) is 0 Å². The van der Waals surface area contributed by atoms with Gasteiger partial charge in [0.05, 0.1) is 11.2 Å². The zero-order valence-corrected chi connectivity index (χ0v) is 13.8. The molecular formula is C21H21N3. The van der Waals surface area contributed by atoms with Crippen molar-refractivity contribution in [2.75, 3.05) is 29.4 Å². The van der Waals surface area contributed by atoms with Gasteiger partial charge < -0.3 is 9.80 Å². The van der Waals surface area contributed by atoms with E-state index in [9.17, 15) is 0 Å². The molecule has 0 radical (unpaired) electrons. The van der Waals surface area contributed by atoms with Crippen LogP contribution in [0.5, 0.6) is 0 Å². The van der Waals surface area contributed by atoms with Gasteiger partial charge in [0.25, 0.3) is 0 Å². The number of pyridine rings is 1. The third-order valence-electron chi connectivity index (χ3n) is 5.27. The van der Waals surface area contributed by atoms with E-state index in [2.05, 4.69) is 64.4 Å². The van der Waals surface area contributed by atoms with Gasteiger partial charge in [-0.05, 0) is 37.5 Å². The molecule has 3 heterocycles. The lowest BCUT2D eigenvalue weighted by Crippen LogP contribution is -2.20. The molecule has 2 aliphatic rings. The summed E-state index contributed by atoms with van der Waals surface area (Å²) in [6.07, 6.45) is 3.68. The van der Waals surface area contributed by atoms with Gasteiger partial charge in [0.2, 0.25) is 0 Å². The Hall–Kier alpha value is -2.55. The van der Waals surface area contributed by atoms with Crippen LogP contribution in [0.1, 0.15) is 18.4 Å². The Morgan fingerprint density at radius 1 is 0.792 bits per heavy atom. The molecule has 1 saturated heterocycles. The standard InChI is InChI=1S/C21H21N3/c1-2-8-16(9-3-1)24-15-12-18-20(23-13-6-7-14-23)17-10-4-5-11-19(17)22-21(18)24/h1-5,8-11H,6-7,12-15H2. The molecule has 0 unspecified atom stereocenters. The molecule has 5 rings (SSSR count). The number of hydrogen-bond acceptors (Lipinski definition) is 3. The van der Waals surface area contributed by atoms with Crippen LogP contribution in [0.25, 0.3) is 10.9 Å². The summed E-state index contributed by atoms with van der Waals surface area (Å²) in [4.78, 5) is 10.0. The highest BCUT2D eigenvalue weighted by molar-refractivity contribution is 5.97. The number of fused-ring (bicyclic) bond motifs is 2. The fourth-order valence-corrected chi connectivity index (χ4v) is 4.17. The maximum atomic E-state index is 5.04. The van der Waals surface area contributed by atoms with Crippen LogP contribution in [-0.2, 0) is 6.42 Å². The first-order chi connectivity index (χ1) is 11.9. The number of nitrogens with zero attached hydrogens (tertiary/aromatic N) is 3. The molecule has 3 nitrogen and oxygen atoms in total. The van der Waals surface area contributed by atoms with Crippen molar-refractivity contribution in [3.05, 3.63) is 60.2 Å². The lowest BCUT2D eigenvalue weighted by molar-refractivity contribution is 0.949. The molecule has 2 aromatic carbocycles. The van der Waals surface area contributed by atoms with Crippen LogP contribution >= 0.6 is 0 Å². The first kappa shape index (κ1) is 13.8. The second-order valence-electron chi connectivity index (χ2n) is 6.71. The third kappa shape index (κ3) is 2.08. The Morgan fingerprint density at radius 3 is 2.38 bits per heavy atom. The highest BCUT2D eigenvalue weighted by Gasteiger charge is 2.29. The summed E-state index contributed by atoms with van der Waals surface area (Å²) in [5.41, 5.74) is 5.22. The predicted octanol–water partition coefficient (Wildman–Crippen LogP) is 4.53. The zero-order chi connectivity index (χ0) is 15.9. The van der Waals surface area contributed by atoms with Gasteiger partial charge in [0.15, 0.2) is 0 Å². The van der Waals surface area contributed by atoms with E-state index in [4.69, 9.17) is 4.98 Å². The molecule has 0 spiro atoms. The van der Waals surface area contributed by atoms with Gasteiger partial charge in [-0.1, -0.05) is 36.4 Å². The fourth-order valence-electron chi connectivity index (χ4n) is 4.17. The van der Waals surface area contributed by atoms with Crippen LogP contribution in [-0.4, -0.2) is 24.6 Å². The molecule has 0 saturated carbocycles. The molecule has 0 amide bonds. The Balaban J connectivity index is 1.73. The number of aromatic nitrogens is 1. The van der Waals surface area contributed by atoms with Gasteiger partial charge in [-0.15, -0.1) is 0 Å². The van der Waals surface area contributed by atoms with Gasteiger partial charge in [0, 0.05) is 36.3 Å². The summed E-state index contributed by atoms with van der Waals surface area (Å²) in [5, 5.41) is 1.31. The predicted molar refractivity (Wildman–Crippen MR) is 100 cm³/mol. The maximum Gasteiger partial charge on any atom is 0.139 e. The molecule has 24 heavy (non-hydrogen) atoms. The second-order valence-corrected chi connectivity index (χ2v) is 6.71. The topological polar surface area (TPSA) is 19.4 Å². The lowest BCUT2D eigenvalue weighted by Gasteiger charge is -2.24. The third-order valence-corrected chi connectivity index (χ3v) is 5.27. The zero-order valence-electron chi connectivity index (χ0n) is 13.8. The van der Waals surface area contributed by atoms with Crippen molar-refractivity contribution < 1.29 is 0 Å². The lowest BCUT2D eigenvalue weighted by atomic mass is 10.1. The Bertz CT molecular complexity index is 882. The van der Waals surface area contributed by atoms with E-state index in [-0.39, 0.29) is 0 Å². The molecule has 0 N–H and O–H groups in total. The first-order valence-electron chi connectivity index (χ1n) is 8.91. The molecule has 0 aliphatic carbocycles. The van der Waals surface area contributed by atoms with Crippen molar-refractivity contribution in [2.45, 2.75) is 19.3 Å². The summed E-state index contributed by atoms with van der Waals surface area (Å²) in [7, 11) is 0. The first-order valence-corrected chi connectivity index (χ1v) is 8.91. The molecule has 1 fully saturated rings. The molecule has 3 aromatic rings. The van der Waals surface area contributed by atoms with Crippen LogP contribution in [0.15, 0.2) is 54.6 Å². The van der Waals surface area contributed by atoms with E-state index in [0.29, 0.717) is 0 Å². The highest BCUT2D eigenvalue weighted by atomic mass is 15.2. The largest absolute Gasteiger partial charge is 0.371 e. The van der Waals surface area contributed by atoms with Crippen molar-refractivity contribution in [1.29, 1.82) is 0 Å². The minimum atomic E-state index is 1.02. The summed E-state index contributed by atoms with van der Waals surface area (Å²) in [6.45, 7) is 3.36. The second kappa shape index (κ2) is 5.52.